The summed E-state index contributed by atoms with van der Waals surface area (Å²) in [6.07, 6.45) is 11.9. The number of carbonyl (C=O) groups is 1. The fraction of sp³-hybridized carbons (Fsp3) is 0.267. The minimum atomic E-state index is -0.354. The van der Waals surface area contributed by atoms with E-state index < -0.39 is 0 Å². The molecule has 1 aromatic heterocycles. The zero-order valence-corrected chi connectivity index (χ0v) is 23.4. The Bertz CT molecular complexity index is 1330. The first-order valence-electron chi connectivity index (χ1n) is 12.3. The van der Waals surface area contributed by atoms with Crippen LogP contribution < -0.4 is 0 Å². The average molecular weight is 573 g/mol. The van der Waals surface area contributed by atoms with Crippen LogP contribution >= 0.6 is 34.8 Å². The predicted octanol–water partition coefficient (Wildman–Crippen LogP) is 8.86. The zero-order chi connectivity index (χ0) is 27.1. The Morgan fingerprint density at radius 1 is 1.13 bits per heavy atom. The molecule has 38 heavy (non-hydrogen) atoms. The third-order valence-electron chi connectivity index (χ3n) is 6.12. The number of carbonyl (C=O) groups excluding carboxylic acids is 1. The van der Waals surface area contributed by atoms with E-state index in [0.29, 0.717) is 44.4 Å². The van der Waals surface area contributed by atoms with Crippen molar-refractivity contribution >= 4 is 46.8 Å². The summed E-state index contributed by atoms with van der Waals surface area (Å²) in [6.45, 7) is 2.31. The van der Waals surface area contributed by atoms with Gasteiger partial charge < -0.3 is 14.0 Å². The van der Waals surface area contributed by atoms with Crippen molar-refractivity contribution in [3.05, 3.63) is 105 Å². The summed E-state index contributed by atoms with van der Waals surface area (Å²) in [7, 11) is 1.37. The van der Waals surface area contributed by atoms with E-state index in [2.05, 4.69) is 18.2 Å². The van der Waals surface area contributed by atoms with Crippen molar-refractivity contribution in [3.63, 3.8) is 0 Å². The van der Waals surface area contributed by atoms with E-state index in [0.717, 1.165) is 29.7 Å². The van der Waals surface area contributed by atoms with Crippen LogP contribution in [0, 0.1) is 5.92 Å². The summed E-state index contributed by atoms with van der Waals surface area (Å²) < 4.78 is 16.7. The summed E-state index contributed by atoms with van der Waals surface area (Å²) in [5.74, 6) is 1.86. The molecule has 1 atom stereocenters. The van der Waals surface area contributed by atoms with Crippen LogP contribution in [-0.4, -0.2) is 24.1 Å². The standard InChI is InChI=1S/C30H28Cl3NO4/c1-19(6-8-20-9-11-22(12-10-20)30(35)36-2)7-15-23(16-17-31)37-18-24-28(34-38-29(24)21-13-14-21)27-25(32)4-3-5-26(27)33/h3-12,15-16,19,21H,13-14,17-18H2,1-2H3. The molecule has 1 heterocycles. The smallest absolute Gasteiger partial charge is 0.337 e. The highest BCUT2D eigenvalue weighted by Crippen LogP contribution is 2.46. The molecule has 0 aliphatic heterocycles. The molecule has 0 N–H and O–H groups in total. The van der Waals surface area contributed by atoms with Crippen molar-refractivity contribution in [2.45, 2.75) is 32.3 Å². The molecule has 5 nitrogen and oxygen atoms in total. The van der Waals surface area contributed by atoms with Crippen molar-refractivity contribution in [1.82, 2.24) is 5.16 Å². The van der Waals surface area contributed by atoms with Crippen LogP contribution in [0.25, 0.3) is 17.3 Å². The van der Waals surface area contributed by atoms with E-state index in [4.69, 9.17) is 48.8 Å². The van der Waals surface area contributed by atoms with E-state index in [1.54, 1.807) is 30.3 Å². The van der Waals surface area contributed by atoms with Gasteiger partial charge in [0.1, 0.15) is 23.8 Å². The van der Waals surface area contributed by atoms with Crippen molar-refractivity contribution < 1.29 is 18.8 Å². The molecule has 0 saturated heterocycles. The van der Waals surface area contributed by atoms with Crippen LogP contribution in [0.5, 0.6) is 0 Å². The SMILES string of the molecule is COC(=O)c1ccc(C=CC(C)C=CC(=CCCl)OCc2c(-c3c(Cl)cccc3Cl)noc2C2CC2)cc1. The van der Waals surface area contributed by atoms with Crippen LogP contribution in [0.2, 0.25) is 10.0 Å². The lowest BCUT2D eigenvalue weighted by molar-refractivity contribution is 0.0600. The summed E-state index contributed by atoms with van der Waals surface area (Å²) in [6, 6.07) is 12.6. The number of esters is 1. The fourth-order valence-electron chi connectivity index (χ4n) is 3.88. The second kappa shape index (κ2) is 13.2. The third-order valence-corrected chi connectivity index (χ3v) is 6.90. The lowest BCUT2D eigenvalue weighted by atomic mass is 10.0. The van der Waals surface area contributed by atoms with Gasteiger partial charge in [-0.1, -0.05) is 71.7 Å². The Kier molecular flexibility index (Phi) is 9.73. The molecule has 8 heteroatoms. The quantitative estimate of drug-likeness (QED) is 0.0994. The minimum absolute atomic E-state index is 0.118. The first-order chi connectivity index (χ1) is 18.4. The van der Waals surface area contributed by atoms with Gasteiger partial charge in [0.2, 0.25) is 0 Å². The molecule has 2 aromatic carbocycles. The largest absolute Gasteiger partial charge is 0.489 e. The Morgan fingerprint density at radius 3 is 2.47 bits per heavy atom. The highest BCUT2D eigenvalue weighted by Gasteiger charge is 2.33. The highest BCUT2D eigenvalue weighted by molar-refractivity contribution is 6.39. The third kappa shape index (κ3) is 7.10. The number of allylic oxidation sites excluding steroid dienone is 4. The maximum atomic E-state index is 11.6. The number of benzene rings is 2. The predicted molar refractivity (Wildman–Crippen MR) is 153 cm³/mol. The fourth-order valence-corrected chi connectivity index (χ4v) is 4.61. The molecular weight excluding hydrogens is 545 g/mol. The van der Waals surface area contributed by atoms with Crippen molar-refractivity contribution in [3.8, 4) is 11.3 Å². The molecule has 1 fully saturated rings. The first-order valence-corrected chi connectivity index (χ1v) is 13.6. The second-order valence-corrected chi connectivity index (χ2v) is 10.1. The van der Waals surface area contributed by atoms with Gasteiger partial charge in [0, 0.05) is 17.4 Å². The zero-order valence-electron chi connectivity index (χ0n) is 21.1. The van der Waals surface area contributed by atoms with Gasteiger partial charge in [-0.25, -0.2) is 4.79 Å². The van der Waals surface area contributed by atoms with Crippen LogP contribution in [0.3, 0.4) is 0 Å². The second-order valence-electron chi connectivity index (χ2n) is 8.99. The number of hydrogen-bond donors (Lipinski definition) is 0. The molecular formula is C30H28Cl3NO4. The summed E-state index contributed by atoms with van der Waals surface area (Å²) >= 11 is 18.9. The lowest BCUT2D eigenvalue weighted by Crippen LogP contribution is -2.00. The van der Waals surface area contributed by atoms with E-state index in [-0.39, 0.29) is 18.5 Å². The van der Waals surface area contributed by atoms with Gasteiger partial charge in [-0.2, -0.15) is 0 Å². The molecule has 0 bridgehead atoms. The summed E-state index contributed by atoms with van der Waals surface area (Å²) in [4.78, 5) is 11.6. The molecule has 0 radical (unpaired) electrons. The number of alkyl halides is 1. The topological polar surface area (TPSA) is 61.6 Å². The number of ether oxygens (including phenoxy) is 2. The molecule has 1 saturated carbocycles. The molecule has 198 valence electrons. The molecule has 1 aliphatic rings. The number of methoxy groups -OCH3 is 1. The van der Waals surface area contributed by atoms with E-state index in [1.807, 2.05) is 36.4 Å². The Hall–Kier alpha value is -2.99. The van der Waals surface area contributed by atoms with Gasteiger partial charge >= 0.3 is 5.97 Å². The maximum absolute atomic E-state index is 11.6. The van der Waals surface area contributed by atoms with Gasteiger partial charge in [0.15, 0.2) is 0 Å². The van der Waals surface area contributed by atoms with E-state index in [1.165, 1.54) is 7.11 Å². The maximum Gasteiger partial charge on any atom is 0.337 e. The number of rotatable bonds is 11. The number of aromatic nitrogens is 1. The molecule has 0 amide bonds. The van der Waals surface area contributed by atoms with Gasteiger partial charge in [-0.3, -0.25) is 0 Å². The molecule has 1 unspecified atom stereocenters. The monoisotopic (exact) mass is 571 g/mol. The molecule has 4 rings (SSSR count). The molecule has 3 aromatic rings. The minimum Gasteiger partial charge on any atom is -0.489 e. The van der Waals surface area contributed by atoms with Gasteiger partial charge in [-0.05, 0) is 60.7 Å². The number of hydrogen-bond acceptors (Lipinski definition) is 5. The van der Waals surface area contributed by atoms with Crippen molar-refractivity contribution in [1.29, 1.82) is 0 Å². The summed E-state index contributed by atoms with van der Waals surface area (Å²) in [5.41, 5.74) is 3.59. The molecule has 0 spiro atoms. The van der Waals surface area contributed by atoms with E-state index >= 15 is 0 Å². The van der Waals surface area contributed by atoms with Crippen molar-refractivity contribution in [2.75, 3.05) is 13.0 Å². The summed E-state index contributed by atoms with van der Waals surface area (Å²) in [5, 5.41) is 5.33. The van der Waals surface area contributed by atoms with Crippen LogP contribution in [0.1, 0.15) is 52.9 Å². The van der Waals surface area contributed by atoms with Crippen LogP contribution in [0.4, 0.5) is 0 Å². The Balaban J connectivity index is 1.45. The Morgan fingerprint density at radius 2 is 1.84 bits per heavy atom. The number of nitrogens with zero attached hydrogens (tertiary/aromatic N) is 1. The van der Waals surface area contributed by atoms with Gasteiger partial charge in [0.05, 0.1) is 28.3 Å². The van der Waals surface area contributed by atoms with Crippen LogP contribution in [-0.2, 0) is 16.1 Å². The average Bonchev–Trinajstić information content (AvgIpc) is 3.69. The number of halogens is 3. The van der Waals surface area contributed by atoms with Crippen molar-refractivity contribution in [2.24, 2.45) is 5.92 Å². The lowest BCUT2D eigenvalue weighted by Gasteiger charge is -2.10. The molecule has 1 aliphatic carbocycles. The first kappa shape index (κ1) is 28.0. The van der Waals surface area contributed by atoms with Gasteiger partial charge in [-0.15, -0.1) is 11.6 Å². The van der Waals surface area contributed by atoms with Gasteiger partial charge in [0.25, 0.3) is 0 Å². The highest BCUT2D eigenvalue weighted by atomic mass is 35.5. The normalized spacial score (nSPS) is 14.8. The Labute approximate surface area is 237 Å². The van der Waals surface area contributed by atoms with Crippen LogP contribution in [0.15, 0.2) is 77.1 Å². The van der Waals surface area contributed by atoms with E-state index in [9.17, 15) is 4.79 Å².